The maximum atomic E-state index is 13.1. The molecule has 0 spiro atoms. The Labute approximate surface area is 192 Å². The standard InChI is InChI=1S/C21H24FN3O3S2.ClH/c1-3-24(4-2)13-14-25(21-23-18-7-5-6-8-19(18)29-21)20(26)15-30(27,28)17-11-9-16(22)10-12-17;/h5-12H,3-4,13-15H2,1-2H3;1H. The van der Waals surface area contributed by atoms with Gasteiger partial charge < -0.3 is 4.90 Å². The van der Waals surface area contributed by atoms with Crippen LogP contribution in [0, 0.1) is 5.82 Å². The smallest absolute Gasteiger partial charge is 0.244 e. The van der Waals surface area contributed by atoms with Crippen molar-refractivity contribution in [3.63, 3.8) is 0 Å². The van der Waals surface area contributed by atoms with Crippen LogP contribution >= 0.6 is 23.7 Å². The number of hydrogen-bond acceptors (Lipinski definition) is 6. The first-order valence-electron chi connectivity index (χ1n) is 9.70. The first-order chi connectivity index (χ1) is 14.3. The normalized spacial score (nSPS) is 11.5. The van der Waals surface area contributed by atoms with Gasteiger partial charge in [-0.05, 0) is 49.5 Å². The van der Waals surface area contributed by atoms with Gasteiger partial charge in [-0.3, -0.25) is 9.69 Å². The summed E-state index contributed by atoms with van der Waals surface area (Å²) in [5, 5.41) is 0.475. The largest absolute Gasteiger partial charge is 0.302 e. The second-order valence-electron chi connectivity index (χ2n) is 6.75. The molecule has 1 amide bonds. The van der Waals surface area contributed by atoms with E-state index in [1.54, 1.807) is 0 Å². The summed E-state index contributed by atoms with van der Waals surface area (Å²) in [5.41, 5.74) is 0.763. The predicted octanol–water partition coefficient (Wildman–Crippen LogP) is 4.01. The van der Waals surface area contributed by atoms with Gasteiger partial charge in [0.05, 0.1) is 15.1 Å². The number of carbonyl (C=O) groups excluding carboxylic acids is 1. The molecule has 0 bridgehead atoms. The first-order valence-corrected chi connectivity index (χ1v) is 12.2. The van der Waals surface area contributed by atoms with Crippen molar-refractivity contribution in [2.45, 2.75) is 18.7 Å². The molecule has 0 aliphatic heterocycles. The Balaban J connectivity index is 0.00000341. The van der Waals surface area contributed by atoms with Crippen LogP contribution in [0.2, 0.25) is 0 Å². The zero-order valence-corrected chi connectivity index (χ0v) is 19.8. The number of fused-ring (bicyclic) bond motifs is 1. The molecule has 168 valence electrons. The number of benzene rings is 2. The number of rotatable bonds is 9. The molecule has 31 heavy (non-hydrogen) atoms. The van der Waals surface area contributed by atoms with Gasteiger partial charge in [0, 0.05) is 13.1 Å². The van der Waals surface area contributed by atoms with Crippen molar-refractivity contribution in [2.75, 3.05) is 36.8 Å². The maximum Gasteiger partial charge on any atom is 0.244 e. The van der Waals surface area contributed by atoms with Gasteiger partial charge in [-0.2, -0.15) is 0 Å². The molecule has 6 nitrogen and oxygen atoms in total. The van der Waals surface area contributed by atoms with E-state index in [4.69, 9.17) is 0 Å². The summed E-state index contributed by atoms with van der Waals surface area (Å²) >= 11 is 1.36. The Morgan fingerprint density at radius 2 is 1.68 bits per heavy atom. The Kier molecular flexibility index (Phi) is 8.93. The van der Waals surface area contributed by atoms with Crippen molar-refractivity contribution < 1.29 is 17.6 Å². The van der Waals surface area contributed by atoms with Crippen molar-refractivity contribution in [1.82, 2.24) is 9.88 Å². The van der Waals surface area contributed by atoms with E-state index in [-0.39, 0.29) is 17.3 Å². The van der Waals surface area contributed by atoms with E-state index in [9.17, 15) is 17.6 Å². The topological polar surface area (TPSA) is 70.6 Å². The number of sulfone groups is 1. The van der Waals surface area contributed by atoms with E-state index in [1.165, 1.54) is 28.4 Å². The third kappa shape index (κ3) is 6.22. The maximum absolute atomic E-state index is 13.1. The summed E-state index contributed by atoms with van der Waals surface area (Å²) in [6.07, 6.45) is 0. The van der Waals surface area contributed by atoms with Crippen LogP contribution in [0.4, 0.5) is 9.52 Å². The predicted molar refractivity (Wildman–Crippen MR) is 125 cm³/mol. The molecular formula is C21H25ClFN3O3S2. The minimum atomic E-state index is -3.90. The summed E-state index contributed by atoms with van der Waals surface area (Å²) in [5.74, 6) is -1.78. The van der Waals surface area contributed by atoms with Crippen LogP contribution in [-0.2, 0) is 14.6 Å². The van der Waals surface area contributed by atoms with Gasteiger partial charge in [0.1, 0.15) is 11.6 Å². The lowest BCUT2D eigenvalue weighted by molar-refractivity contribution is -0.116. The summed E-state index contributed by atoms with van der Waals surface area (Å²) in [4.78, 5) is 21.1. The van der Waals surface area contributed by atoms with Crippen LogP contribution in [0.25, 0.3) is 10.2 Å². The Bertz CT molecular complexity index is 1080. The number of anilines is 1. The summed E-state index contributed by atoms with van der Waals surface area (Å²) in [7, 11) is -3.90. The van der Waals surface area contributed by atoms with Crippen LogP contribution in [0.15, 0.2) is 53.4 Å². The number of halogens is 2. The van der Waals surface area contributed by atoms with E-state index in [1.807, 2.05) is 38.1 Å². The lowest BCUT2D eigenvalue weighted by atomic mass is 10.3. The van der Waals surface area contributed by atoms with E-state index in [2.05, 4.69) is 9.88 Å². The fourth-order valence-corrected chi connectivity index (χ4v) is 5.26. The highest BCUT2D eigenvalue weighted by molar-refractivity contribution is 7.92. The minimum absolute atomic E-state index is 0. The molecule has 0 atom stereocenters. The van der Waals surface area contributed by atoms with Crippen molar-refractivity contribution in [2.24, 2.45) is 0 Å². The first kappa shape index (κ1) is 25.2. The van der Waals surface area contributed by atoms with Gasteiger partial charge in [-0.1, -0.05) is 37.3 Å². The SMILES string of the molecule is CCN(CC)CCN(C(=O)CS(=O)(=O)c1ccc(F)cc1)c1nc2ccccc2s1.Cl. The number of para-hydroxylation sites is 1. The number of amides is 1. The molecule has 0 saturated heterocycles. The van der Waals surface area contributed by atoms with Crippen molar-refractivity contribution in [3.8, 4) is 0 Å². The fraction of sp³-hybridized carbons (Fsp3) is 0.333. The molecule has 0 unspecified atom stereocenters. The molecule has 0 aliphatic carbocycles. The quantitative estimate of drug-likeness (QED) is 0.428. The number of nitrogens with zero attached hydrogens (tertiary/aromatic N) is 3. The number of carbonyl (C=O) groups is 1. The van der Waals surface area contributed by atoms with Crippen molar-refractivity contribution in [3.05, 3.63) is 54.3 Å². The zero-order valence-electron chi connectivity index (χ0n) is 17.3. The van der Waals surface area contributed by atoms with Crippen LogP contribution in [-0.4, -0.2) is 56.1 Å². The molecule has 3 aromatic rings. The Morgan fingerprint density at radius 3 is 2.29 bits per heavy atom. The van der Waals surface area contributed by atoms with Crippen molar-refractivity contribution >= 4 is 54.8 Å². The molecule has 10 heteroatoms. The van der Waals surface area contributed by atoms with Crippen LogP contribution in [0.3, 0.4) is 0 Å². The van der Waals surface area contributed by atoms with Gasteiger partial charge in [-0.25, -0.2) is 17.8 Å². The molecule has 0 fully saturated rings. The summed E-state index contributed by atoms with van der Waals surface area (Å²) in [6.45, 7) is 6.65. The highest BCUT2D eigenvalue weighted by Crippen LogP contribution is 2.29. The van der Waals surface area contributed by atoms with E-state index >= 15 is 0 Å². The molecule has 2 aromatic carbocycles. The molecule has 0 saturated carbocycles. The average Bonchev–Trinajstić information content (AvgIpc) is 3.15. The van der Waals surface area contributed by atoms with Gasteiger partial charge in [0.25, 0.3) is 0 Å². The van der Waals surface area contributed by atoms with Crippen LogP contribution in [0.1, 0.15) is 13.8 Å². The third-order valence-electron chi connectivity index (χ3n) is 4.84. The average molecular weight is 486 g/mol. The molecule has 0 aliphatic rings. The molecule has 0 radical (unpaired) electrons. The zero-order chi connectivity index (χ0) is 21.7. The van der Waals surface area contributed by atoms with E-state index in [0.717, 1.165) is 35.4 Å². The molecule has 1 heterocycles. The highest BCUT2D eigenvalue weighted by atomic mass is 35.5. The van der Waals surface area contributed by atoms with Gasteiger partial charge in [-0.15, -0.1) is 12.4 Å². The molecule has 0 N–H and O–H groups in total. The fourth-order valence-electron chi connectivity index (χ4n) is 3.05. The molecule has 3 rings (SSSR count). The van der Waals surface area contributed by atoms with Gasteiger partial charge in [0.15, 0.2) is 15.0 Å². The third-order valence-corrected chi connectivity index (χ3v) is 7.51. The monoisotopic (exact) mass is 485 g/mol. The Morgan fingerprint density at radius 1 is 1.03 bits per heavy atom. The number of aromatic nitrogens is 1. The highest BCUT2D eigenvalue weighted by Gasteiger charge is 2.26. The van der Waals surface area contributed by atoms with E-state index < -0.39 is 27.3 Å². The van der Waals surface area contributed by atoms with Gasteiger partial charge >= 0.3 is 0 Å². The van der Waals surface area contributed by atoms with Crippen LogP contribution in [0.5, 0.6) is 0 Å². The summed E-state index contributed by atoms with van der Waals surface area (Å²) < 4.78 is 39.5. The molecular weight excluding hydrogens is 461 g/mol. The second-order valence-corrected chi connectivity index (χ2v) is 9.75. The second kappa shape index (κ2) is 11.0. The number of likely N-dealkylation sites (N-methyl/N-ethyl adjacent to an activating group) is 1. The lowest BCUT2D eigenvalue weighted by Gasteiger charge is -2.24. The number of hydrogen-bond donors (Lipinski definition) is 0. The van der Waals surface area contributed by atoms with E-state index in [0.29, 0.717) is 18.2 Å². The summed E-state index contributed by atoms with van der Waals surface area (Å²) in [6, 6.07) is 12.0. The number of thiazole rings is 1. The van der Waals surface area contributed by atoms with Gasteiger partial charge in [0.2, 0.25) is 5.91 Å². The van der Waals surface area contributed by atoms with Crippen molar-refractivity contribution in [1.29, 1.82) is 0 Å². The minimum Gasteiger partial charge on any atom is -0.302 e. The van der Waals surface area contributed by atoms with Crippen LogP contribution < -0.4 is 4.90 Å². The molecule has 1 aromatic heterocycles. The Hall–Kier alpha value is -2.07. The lowest BCUT2D eigenvalue weighted by Crippen LogP contribution is -2.41.